The Balaban J connectivity index is 1.39. The number of hydrogen-bond acceptors (Lipinski definition) is 4. The molecule has 4 heteroatoms. The maximum Gasteiger partial charge on any atom is 0.343 e. The second-order valence-corrected chi connectivity index (χ2v) is 6.79. The van der Waals surface area contributed by atoms with Gasteiger partial charge >= 0.3 is 5.97 Å². The van der Waals surface area contributed by atoms with Gasteiger partial charge in [0.2, 0.25) is 0 Å². The molecule has 0 aliphatic carbocycles. The molecule has 0 aromatic heterocycles. The van der Waals surface area contributed by atoms with Gasteiger partial charge in [0.1, 0.15) is 30.5 Å². The molecule has 31 heavy (non-hydrogen) atoms. The molecule has 154 valence electrons. The molecule has 0 aliphatic heterocycles. The lowest BCUT2D eigenvalue weighted by Crippen LogP contribution is -2.11. The summed E-state index contributed by atoms with van der Waals surface area (Å²) in [5, 5.41) is 0. The number of benzene rings is 4. The fourth-order valence-electron chi connectivity index (χ4n) is 3.12. The van der Waals surface area contributed by atoms with Crippen LogP contribution in [-0.4, -0.2) is 19.2 Å². The van der Waals surface area contributed by atoms with E-state index in [1.165, 1.54) is 0 Å². The quantitative estimate of drug-likeness (QED) is 0.202. The first-order chi connectivity index (χ1) is 15.3. The Hall–Kier alpha value is -4.05. The molecule has 0 radical (unpaired) electrons. The Morgan fingerprint density at radius 2 is 1.23 bits per heavy atom. The van der Waals surface area contributed by atoms with Crippen molar-refractivity contribution in [1.82, 2.24) is 0 Å². The summed E-state index contributed by atoms with van der Waals surface area (Å²) in [7, 11) is 0. The molecule has 0 atom stereocenters. The maximum absolute atomic E-state index is 12.8. The first-order valence-corrected chi connectivity index (χ1v) is 10.1. The van der Waals surface area contributed by atoms with E-state index in [-0.39, 0.29) is 0 Å². The highest BCUT2D eigenvalue weighted by Gasteiger charge is 2.13. The molecule has 4 nitrogen and oxygen atoms in total. The smallest absolute Gasteiger partial charge is 0.343 e. The van der Waals surface area contributed by atoms with Gasteiger partial charge in [0.05, 0.1) is 5.56 Å². The topological polar surface area (TPSA) is 44.8 Å². The molecule has 0 saturated carbocycles. The van der Waals surface area contributed by atoms with Crippen molar-refractivity contribution < 1.29 is 19.0 Å². The fourth-order valence-corrected chi connectivity index (χ4v) is 3.12. The Morgan fingerprint density at radius 3 is 2.00 bits per heavy atom. The number of carbonyl (C=O) groups is 1. The van der Waals surface area contributed by atoms with Crippen LogP contribution >= 0.6 is 0 Å². The molecule has 4 aromatic rings. The van der Waals surface area contributed by atoms with Gasteiger partial charge in [-0.3, -0.25) is 0 Å². The van der Waals surface area contributed by atoms with Crippen LogP contribution in [0.2, 0.25) is 0 Å². The molecular weight excluding hydrogens is 388 g/mol. The predicted molar refractivity (Wildman–Crippen MR) is 121 cm³/mol. The van der Waals surface area contributed by atoms with Gasteiger partial charge in [-0.05, 0) is 42.0 Å². The number of esters is 1. The number of hydrogen-bond donors (Lipinski definition) is 0. The zero-order valence-corrected chi connectivity index (χ0v) is 16.9. The molecule has 0 unspecified atom stereocenters. The van der Waals surface area contributed by atoms with Crippen LogP contribution in [0.3, 0.4) is 0 Å². The van der Waals surface area contributed by atoms with Crippen LogP contribution < -0.4 is 14.2 Å². The third-order valence-corrected chi connectivity index (χ3v) is 4.61. The lowest BCUT2D eigenvalue weighted by atomic mass is 10.0. The normalized spacial score (nSPS) is 10.3. The van der Waals surface area contributed by atoms with E-state index in [0.717, 1.165) is 16.9 Å². The summed E-state index contributed by atoms with van der Waals surface area (Å²) in [6, 6.07) is 33.8. The lowest BCUT2D eigenvalue weighted by molar-refractivity contribution is 0.0735. The summed E-state index contributed by atoms with van der Waals surface area (Å²) < 4.78 is 17.1. The van der Waals surface area contributed by atoms with E-state index in [1.54, 1.807) is 30.3 Å². The van der Waals surface area contributed by atoms with Crippen molar-refractivity contribution in [2.45, 2.75) is 0 Å². The van der Waals surface area contributed by atoms with E-state index in [0.29, 0.717) is 30.3 Å². The van der Waals surface area contributed by atoms with Gasteiger partial charge in [-0.15, -0.1) is 0 Å². The van der Waals surface area contributed by atoms with Gasteiger partial charge in [-0.25, -0.2) is 4.79 Å². The molecule has 0 saturated heterocycles. The standard InChI is InChI=1S/C27H22O4/c28-27(31-26-17-8-7-16-25(26)21-10-3-1-4-11-21)22-12-9-15-24(20-22)30-19-18-29-23-13-5-2-6-14-23/h1-17,20H,18-19H2. The monoisotopic (exact) mass is 410 g/mol. The second kappa shape index (κ2) is 10.1. The minimum Gasteiger partial charge on any atom is -0.490 e. The van der Waals surface area contributed by atoms with E-state index in [1.807, 2.05) is 78.9 Å². The van der Waals surface area contributed by atoms with Crippen LogP contribution in [-0.2, 0) is 0 Å². The molecule has 0 aliphatic rings. The highest BCUT2D eigenvalue weighted by molar-refractivity contribution is 5.92. The first kappa shape index (κ1) is 20.2. The van der Waals surface area contributed by atoms with Crippen LogP contribution in [0.15, 0.2) is 109 Å². The summed E-state index contributed by atoms with van der Waals surface area (Å²) >= 11 is 0. The third-order valence-electron chi connectivity index (χ3n) is 4.61. The maximum atomic E-state index is 12.8. The number of carbonyl (C=O) groups excluding carboxylic acids is 1. The molecule has 0 N–H and O–H groups in total. The average molecular weight is 410 g/mol. The van der Waals surface area contributed by atoms with Gasteiger partial charge in [-0.2, -0.15) is 0 Å². The van der Waals surface area contributed by atoms with Crippen molar-refractivity contribution in [2.24, 2.45) is 0 Å². The Labute approximate surface area is 181 Å². The van der Waals surface area contributed by atoms with E-state index in [2.05, 4.69) is 0 Å². The number of ether oxygens (including phenoxy) is 3. The van der Waals surface area contributed by atoms with Crippen molar-refractivity contribution in [2.75, 3.05) is 13.2 Å². The third kappa shape index (κ3) is 5.52. The van der Waals surface area contributed by atoms with Crippen LogP contribution in [0, 0.1) is 0 Å². The van der Waals surface area contributed by atoms with Crippen molar-refractivity contribution in [3.8, 4) is 28.4 Å². The van der Waals surface area contributed by atoms with E-state index >= 15 is 0 Å². The summed E-state index contributed by atoms with van der Waals surface area (Å²) in [4.78, 5) is 12.8. The minimum atomic E-state index is -0.436. The van der Waals surface area contributed by atoms with Crippen LogP contribution in [0.25, 0.3) is 11.1 Å². The number of para-hydroxylation sites is 2. The first-order valence-electron chi connectivity index (χ1n) is 10.1. The van der Waals surface area contributed by atoms with E-state index < -0.39 is 5.97 Å². The number of rotatable bonds is 8. The molecule has 0 bridgehead atoms. The fraction of sp³-hybridized carbons (Fsp3) is 0.0741. The van der Waals surface area contributed by atoms with Gasteiger partial charge in [0.25, 0.3) is 0 Å². The van der Waals surface area contributed by atoms with Crippen molar-refractivity contribution in [1.29, 1.82) is 0 Å². The van der Waals surface area contributed by atoms with Gasteiger partial charge in [0, 0.05) is 5.56 Å². The summed E-state index contributed by atoms with van der Waals surface area (Å²) in [6.07, 6.45) is 0. The molecule has 0 fully saturated rings. The Bertz CT molecular complexity index is 1120. The highest BCUT2D eigenvalue weighted by Crippen LogP contribution is 2.30. The zero-order chi connectivity index (χ0) is 21.3. The van der Waals surface area contributed by atoms with Crippen molar-refractivity contribution >= 4 is 5.97 Å². The van der Waals surface area contributed by atoms with Gasteiger partial charge in [0.15, 0.2) is 0 Å². The molecule has 4 rings (SSSR count). The van der Waals surface area contributed by atoms with Gasteiger partial charge in [-0.1, -0.05) is 72.8 Å². The van der Waals surface area contributed by atoms with Crippen LogP contribution in [0.5, 0.6) is 17.2 Å². The molecule has 0 spiro atoms. The average Bonchev–Trinajstić information content (AvgIpc) is 2.84. The summed E-state index contributed by atoms with van der Waals surface area (Å²) in [5.74, 6) is 1.46. The molecule has 4 aromatic carbocycles. The van der Waals surface area contributed by atoms with E-state index in [4.69, 9.17) is 14.2 Å². The predicted octanol–water partition coefficient (Wildman–Crippen LogP) is 6.03. The molecule has 0 heterocycles. The Morgan fingerprint density at radius 1 is 0.613 bits per heavy atom. The second-order valence-electron chi connectivity index (χ2n) is 6.79. The minimum absolute atomic E-state index is 0.365. The van der Waals surface area contributed by atoms with Crippen molar-refractivity contribution in [3.63, 3.8) is 0 Å². The SMILES string of the molecule is O=C(Oc1ccccc1-c1ccccc1)c1cccc(OCCOc2ccccc2)c1. The molecular formula is C27H22O4. The lowest BCUT2D eigenvalue weighted by Gasteiger charge is -2.11. The van der Waals surface area contributed by atoms with Crippen LogP contribution in [0.1, 0.15) is 10.4 Å². The molecule has 0 amide bonds. The van der Waals surface area contributed by atoms with Crippen LogP contribution in [0.4, 0.5) is 0 Å². The summed E-state index contributed by atoms with van der Waals surface area (Å²) in [5.41, 5.74) is 2.27. The highest BCUT2D eigenvalue weighted by atomic mass is 16.5. The largest absolute Gasteiger partial charge is 0.490 e. The van der Waals surface area contributed by atoms with E-state index in [9.17, 15) is 4.79 Å². The summed E-state index contributed by atoms with van der Waals surface area (Å²) in [6.45, 7) is 0.771. The Kier molecular flexibility index (Phi) is 6.61. The van der Waals surface area contributed by atoms with Crippen molar-refractivity contribution in [3.05, 3.63) is 115 Å². The zero-order valence-electron chi connectivity index (χ0n) is 16.9. The van der Waals surface area contributed by atoms with Gasteiger partial charge < -0.3 is 14.2 Å².